The molecule has 0 atom stereocenters. The predicted molar refractivity (Wildman–Crippen MR) is 52.6 cm³/mol. The third kappa shape index (κ3) is 2.23. The Labute approximate surface area is 86.4 Å². The zero-order valence-corrected chi connectivity index (χ0v) is 8.27. The van der Waals surface area contributed by atoms with Gasteiger partial charge < -0.3 is 5.11 Å². The van der Waals surface area contributed by atoms with Crippen LogP contribution in [0.2, 0.25) is 0 Å². The van der Waals surface area contributed by atoms with Crippen LogP contribution in [-0.2, 0) is 4.79 Å². The topological polar surface area (TPSA) is 37.3 Å². The zero-order chi connectivity index (χ0) is 10.9. The second-order valence-electron chi connectivity index (χ2n) is 3.20. The molecule has 1 rings (SSSR count). The van der Waals surface area contributed by atoms with Gasteiger partial charge in [0.05, 0.1) is 10.6 Å². The number of aliphatic carboxylic acids is 1. The Morgan fingerprint density at radius 3 is 2.21 bits per heavy atom. The first kappa shape index (κ1) is 11.0. The average molecular weight is 217 g/mol. The van der Waals surface area contributed by atoms with Crippen LogP contribution in [0.3, 0.4) is 0 Å². The minimum atomic E-state index is -1.26. The molecule has 1 N–H and O–H groups in total. The van der Waals surface area contributed by atoms with Crippen LogP contribution in [0.5, 0.6) is 0 Å². The molecular weight excluding hydrogens is 207 g/mol. The van der Waals surface area contributed by atoms with Crippen LogP contribution >= 0.6 is 11.6 Å². The van der Waals surface area contributed by atoms with Crippen LogP contribution in [-0.4, -0.2) is 11.1 Å². The van der Waals surface area contributed by atoms with Crippen molar-refractivity contribution in [2.75, 3.05) is 0 Å². The maximum atomic E-state index is 12.7. The van der Waals surface area contributed by atoms with Crippen LogP contribution in [0, 0.1) is 5.92 Å². The fourth-order valence-electron chi connectivity index (χ4n) is 1.14. The molecule has 76 valence electrons. The van der Waals surface area contributed by atoms with E-state index in [2.05, 4.69) is 13.2 Å². The highest BCUT2D eigenvalue weighted by Gasteiger charge is 2.31. The highest BCUT2D eigenvalue weighted by atomic mass is 35.5. The number of allylic oxidation sites excluding steroid dienone is 2. The van der Waals surface area contributed by atoms with Crippen molar-refractivity contribution in [3.63, 3.8) is 0 Å². The maximum absolute atomic E-state index is 12.7. The molecule has 1 aliphatic rings. The summed E-state index contributed by atoms with van der Waals surface area (Å²) in [6.07, 6.45) is 1.77. The van der Waals surface area contributed by atoms with Gasteiger partial charge in [0.1, 0.15) is 5.83 Å². The van der Waals surface area contributed by atoms with Gasteiger partial charge in [-0.25, -0.2) is 9.18 Å². The average Bonchev–Trinajstić information content (AvgIpc) is 2.85. The number of carboxylic acids is 1. The van der Waals surface area contributed by atoms with Gasteiger partial charge in [0.15, 0.2) is 0 Å². The Balaban J connectivity index is 3.05. The van der Waals surface area contributed by atoms with Crippen LogP contribution in [0.4, 0.5) is 4.39 Å². The van der Waals surface area contributed by atoms with E-state index in [0.717, 1.165) is 12.8 Å². The van der Waals surface area contributed by atoms with Gasteiger partial charge in [0.25, 0.3) is 0 Å². The fraction of sp³-hybridized carbons (Fsp3) is 0.300. The molecule has 0 aromatic carbocycles. The van der Waals surface area contributed by atoms with E-state index in [0.29, 0.717) is 5.57 Å². The molecule has 0 saturated heterocycles. The first-order valence-electron chi connectivity index (χ1n) is 4.12. The second kappa shape index (κ2) is 3.96. The Hall–Kier alpha value is -1.09. The van der Waals surface area contributed by atoms with Gasteiger partial charge in [0, 0.05) is 0 Å². The summed E-state index contributed by atoms with van der Waals surface area (Å²) in [5, 5.41) is 8.38. The van der Waals surface area contributed by atoms with E-state index in [1.807, 2.05) is 0 Å². The largest absolute Gasteiger partial charge is 0.478 e. The monoisotopic (exact) mass is 216 g/mol. The summed E-state index contributed by atoms with van der Waals surface area (Å²) in [7, 11) is 0. The molecule has 1 saturated carbocycles. The third-order valence-electron chi connectivity index (χ3n) is 2.06. The van der Waals surface area contributed by atoms with E-state index in [4.69, 9.17) is 16.7 Å². The lowest BCUT2D eigenvalue weighted by atomic mass is 10.0. The van der Waals surface area contributed by atoms with E-state index in [-0.39, 0.29) is 11.5 Å². The van der Waals surface area contributed by atoms with Crippen LogP contribution in [0.15, 0.2) is 35.2 Å². The number of carboxylic acid groups (broad SMARTS) is 1. The van der Waals surface area contributed by atoms with Crippen molar-refractivity contribution in [1.82, 2.24) is 0 Å². The molecule has 0 unspecified atom stereocenters. The minimum Gasteiger partial charge on any atom is -0.478 e. The van der Waals surface area contributed by atoms with Gasteiger partial charge in [0.2, 0.25) is 0 Å². The summed E-state index contributed by atoms with van der Waals surface area (Å²) >= 11 is 5.51. The number of rotatable bonds is 4. The quantitative estimate of drug-likeness (QED) is 0.579. The van der Waals surface area contributed by atoms with E-state index in [9.17, 15) is 9.18 Å². The Morgan fingerprint density at radius 1 is 1.43 bits per heavy atom. The standard InChI is InChI=1S/C10H10ClFO2/c1-5(7-3-4-7)8(10(13)14)9(11)6(2)12/h7H,1-4H2,(H,13,14)/b9-8-. The molecule has 0 bridgehead atoms. The van der Waals surface area contributed by atoms with Gasteiger partial charge in [-0.05, 0) is 24.3 Å². The molecule has 0 aromatic rings. The van der Waals surface area contributed by atoms with Crippen LogP contribution in [0.1, 0.15) is 12.8 Å². The minimum absolute atomic E-state index is 0.134. The Morgan fingerprint density at radius 2 is 1.93 bits per heavy atom. The summed E-state index contributed by atoms with van der Waals surface area (Å²) < 4.78 is 12.7. The smallest absolute Gasteiger partial charge is 0.337 e. The normalized spacial score (nSPS) is 17.3. The summed E-state index contributed by atoms with van der Waals surface area (Å²) in [6, 6.07) is 0. The number of halogens is 2. The molecule has 4 heteroatoms. The lowest BCUT2D eigenvalue weighted by molar-refractivity contribution is -0.132. The van der Waals surface area contributed by atoms with E-state index in [1.165, 1.54) is 0 Å². The van der Waals surface area contributed by atoms with E-state index < -0.39 is 16.8 Å². The second-order valence-corrected chi connectivity index (χ2v) is 3.58. The third-order valence-corrected chi connectivity index (χ3v) is 2.46. The lowest BCUT2D eigenvalue weighted by Crippen LogP contribution is -2.06. The summed E-state index contributed by atoms with van der Waals surface area (Å²) in [5.74, 6) is -2.06. The molecule has 0 amide bonds. The van der Waals surface area contributed by atoms with Gasteiger partial charge >= 0.3 is 5.97 Å². The van der Waals surface area contributed by atoms with Crippen molar-refractivity contribution in [3.8, 4) is 0 Å². The molecule has 1 aliphatic carbocycles. The molecule has 14 heavy (non-hydrogen) atoms. The fourth-order valence-corrected chi connectivity index (χ4v) is 1.35. The lowest BCUT2D eigenvalue weighted by Gasteiger charge is -2.06. The summed E-state index contributed by atoms with van der Waals surface area (Å²) in [4.78, 5) is 10.8. The zero-order valence-electron chi connectivity index (χ0n) is 7.52. The van der Waals surface area contributed by atoms with Crippen molar-refractivity contribution >= 4 is 17.6 Å². The summed E-state index contributed by atoms with van der Waals surface area (Å²) in [6.45, 7) is 6.57. The molecule has 0 spiro atoms. The highest BCUT2D eigenvalue weighted by Crippen LogP contribution is 2.41. The van der Waals surface area contributed by atoms with E-state index in [1.54, 1.807) is 0 Å². The molecule has 0 aliphatic heterocycles. The van der Waals surface area contributed by atoms with E-state index >= 15 is 0 Å². The first-order chi connectivity index (χ1) is 6.45. The number of hydrogen-bond acceptors (Lipinski definition) is 1. The molecule has 0 radical (unpaired) electrons. The first-order valence-corrected chi connectivity index (χ1v) is 4.50. The van der Waals surface area contributed by atoms with Gasteiger partial charge in [-0.1, -0.05) is 24.8 Å². The van der Waals surface area contributed by atoms with Crippen molar-refractivity contribution in [3.05, 3.63) is 35.2 Å². The number of carbonyl (C=O) groups is 1. The van der Waals surface area contributed by atoms with Crippen molar-refractivity contribution < 1.29 is 14.3 Å². The van der Waals surface area contributed by atoms with Crippen molar-refractivity contribution in [2.24, 2.45) is 5.92 Å². The molecule has 0 aromatic heterocycles. The van der Waals surface area contributed by atoms with Crippen LogP contribution in [0.25, 0.3) is 0 Å². The molecule has 2 nitrogen and oxygen atoms in total. The van der Waals surface area contributed by atoms with Crippen molar-refractivity contribution in [1.29, 1.82) is 0 Å². The predicted octanol–water partition coefficient (Wildman–Crippen LogP) is 3.01. The molecule has 1 fully saturated rings. The van der Waals surface area contributed by atoms with Crippen molar-refractivity contribution in [2.45, 2.75) is 12.8 Å². The van der Waals surface area contributed by atoms with Gasteiger partial charge in [-0.2, -0.15) is 0 Å². The Bertz CT molecular complexity index is 340. The Kier molecular flexibility index (Phi) is 3.11. The summed E-state index contributed by atoms with van der Waals surface area (Å²) in [5.41, 5.74) is 0.142. The van der Waals surface area contributed by atoms with Crippen LogP contribution < -0.4 is 0 Å². The maximum Gasteiger partial charge on any atom is 0.337 e. The molecule has 0 heterocycles. The van der Waals surface area contributed by atoms with Gasteiger partial charge in [-0.15, -0.1) is 0 Å². The molecular formula is C10H10ClFO2. The number of hydrogen-bond donors (Lipinski definition) is 1. The SMILES string of the molecule is C=C(F)/C(Cl)=C(\C(=C)C1CC1)C(=O)O. The van der Waals surface area contributed by atoms with Gasteiger partial charge in [-0.3, -0.25) is 0 Å². The highest BCUT2D eigenvalue weighted by molar-refractivity contribution is 6.34.